The molecule has 0 aromatic heterocycles. The third kappa shape index (κ3) is 16.6. The van der Waals surface area contributed by atoms with Gasteiger partial charge >= 0.3 is 0 Å². The number of alkyl halides is 2. The Kier molecular flexibility index (Phi) is 18.1. The van der Waals surface area contributed by atoms with Crippen LogP contribution in [-0.4, -0.2) is 11.8 Å². The topological polar surface area (TPSA) is 0 Å². The van der Waals surface area contributed by atoms with Gasteiger partial charge in [-0.15, -0.1) is 23.2 Å². The monoisotopic (exact) mass is 322 g/mol. The maximum Gasteiger partial charge on any atom is 0.0223 e. The van der Waals surface area contributed by atoms with Gasteiger partial charge in [0.2, 0.25) is 0 Å². The van der Waals surface area contributed by atoms with Crippen molar-refractivity contribution in [2.75, 3.05) is 11.8 Å². The number of halogens is 2. The van der Waals surface area contributed by atoms with Gasteiger partial charge in [-0.3, -0.25) is 0 Å². The van der Waals surface area contributed by atoms with Crippen LogP contribution in [0, 0.1) is 5.92 Å². The SMILES string of the molecule is CC(CCCCl)CCCCCCCCCCCCCCl. The van der Waals surface area contributed by atoms with Gasteiger partial charge in [-0.25, -0.2) is 0 Å². The number of hydrogen-bond donors (Lipinski definition) is 0. The first-order valence-corrected chi connectivity index (χ1v) is 10.00. The highest BCUT2D eigenvalue weighted by molar-refractivity contribution is 6.18. The van der Waals surface area contributed by atoms with Gasteiger partial charge in [0.15, 0.2) is 0 Å². The van der Waals surface area contributed by atoms with Crippen molar-refractivity contribution < 1.29 is 0 Å². The molecule has 0 saturated carbocycles. The van der Waals surface area contributed by atoms with Gasteiger partial charge in [-0.05, 0) is 25.2 Å². The van der Waals surface area contributed by atoms with Gasteiger partial charge in [-0.2, -0.15) is 0 Å². The van der Waals surface area contributed by atoms with E-state index in [1.807, 2.05) is 0 Å². The first-order chi connectivity index (χ1) is 9.81. The summed E-state index contributed by atoms with van der Waals surface area (Å²) in [5, 5.41) is 0. The van der Waals surface area contributed by atoms with Crippen molar-refractivity contribution in [3.63, 3.8) is 0 Å². The van der Waals surface area contributed by atoms with Crippen LogP contribution in [0.1, 0.15) is 96.8 Å². The highest BCUT2D eigenvalue weighted by Gasteiger charge is 2.01. The lowest BCUT2D eigenvalue weighted by molar-refractivity contribution is 0.450. The fraction of sp³-hybridized carbons (Fsp3) is 1.00. The van der Waals surface area contributed by atoms with Crippen molar-refractivity contribution >= 4 is 23.2 Å². The molecule has 0 aromatic rings. The van der Waals surface area contributed by atoms with E-state index in [0.29, 0.717) is 0 Å². The maximum absolute atomic E-state index is 5.72. The summed E-state index contributed by atoms with van der Waals surface area (Å²) in [6.45, 7) is 2.37. The highest BCUT2D eigenvalue weighted by atomic mass is 35.5. The van der Waals surface area contributed by atoms with E-state index < -0.39 is 0 Å². The van der Waals surface area contributed by atoms with Gasteiger partial charge in [-0.1, -0.05) is 77.6 Å². The largest absolute Gasteiger partial charge is 0.127 e. The lowest BCUT2D eigenvalue weighted by Gasteiger charge is -2.09. The number of hydrogen-bond acceptors (Lipinski definition) is 0. The Morgan fingerprint density at radius 2 is 0.850 bits per heavy atom. The smallest absolute Gasteiger partial charge is 0.0223 e. The summed E-state index contributed by atoms with van der Waals surface area (Å²) in [5.41, 5.74) is 0. The molecule has 0 bridgehead atoms. The highest BCUT2D eigenvalue weighted by Crippen LogP contribution is 2.17. The summed E-state index contributed by atoms with van der Waals surface area (Å²) < 4.78 is 0. The Labute approximate surface area is 138 Å². The summed E-state index contributed by atoms with van der Waals surface area (Å²) >= 11 is 11.4. The summed E-state index contributed by atoms with van der Waals surface area (Å²) in [7, 11) is 0. The van der Waals surface area contributed by atoms with E-state index in [-0.39, 0.29) is 0 Å². The van der Waals surface area contributed by atoms with Crippen LogP contribution in [0.15, 0.2) is 0 Å². The Hall–Kier alpha value is 0.580. The zero-order valence-corrected chi connectivity index (χ0v) is 15.2. The van der Waals surface area contributed by atoms with Crippen molar-refractivity contribution in [2.45, 2.75) is 96.8 Å². The maximum atomic E-state index is 5.72. The quantitative estimate of drug-likeness (QED) is 0.203. The van der Waals surface area contributed by atoms with Crippen LogP contribution in [0.4, 0.5) is 0 Å². The van der Waals surface area contributed by atoms with Crippen LogP contribution in [0.3, 0.4) is 0 Å². The van der Waals surface area contributed by atoms with Crippen molar-refractivity contribution in [1.29, 1.82) is 0 Å². The van der Waals surface area contributed by atoms with E-state index in [0.717, 1.165) is 17.7 Å². The molecule has 0 fully saturated rings. The second-order valence-electron chi connectivity index (χ2n) is 6.30. The van der Waals surface area contributed by atoms with Crippen LogP contribution < -0.4 is 0 Å². The van der Waals surface area contributed by atoms with Crippen LogP contribution in [0.5, 0.6) is 0 Å². The van der Waals surface area contributed by atoms with Crippen LogP contribution in [0.2, 0.25) is 0 Å². The van der Waals surface area contributed by atoms with E-state index in [1.165, 1.54) is 89.9 Å². The van der Waals surface area contributed by atoms with Gasteiger partial charge < -0.3 is 0 Å². The molecule has 0 N–H and O–H groups in total. The second-order valence-corrected chi connectivity index (χ2v) is 7.06. The van der Waals surface area contributed by atoms with Gasteiger partial charge in [0.1, 0.15) is 0 Å². The first kappa shape index (κ1) is 20.6. The lowest BCUT2D eigenvalue weighted by atomic mass is 9.98. The minimum Gasteiger partial charge on any atom is -0.127 e. The van der Waals surface area contributed by atoms with E-state index in [1.54, 1.807) is 0 Å². The minimum atomic E-state index is 0.830. The molecule has 0 aliphatic heterocycles. The molecule has 0 nitrogen and oxygen atoms in total. The van der Waals surface area contributed by atoms with E-state index >= 15 is 0 Å². The fourth-order valence-corrected chi connectivity index (χ4v) is 3.09. The predicted molar refractivity (Wildman–Crippen MR) is 95.2 cm³/mol. The molecule has 0 saturated heterocycles. The van der Waals surface area contributed by atoms with Crippen LogP contribution in [-0.2, 0) is 0 Å². The molecule has 1 unspecified atom stereocenters. The van der Waals surface area contributed by atoms with E-state index in [2.05, 4.69) is 6.92 Å². The summed E-state index contributed by atoms with van der Waals surface area (Å²) in [6, 6.07) is 0. The molecule has 0 aliphatic rings. The third-order valence-corrected chi connectivity index (χ3v) is 4.70. The molecule has 0 radical (unpaired) electrons. The molecule has 0 aliphatic carbocycles. The fourth-order valence-electron chi connectivity index (χ4n) is 2.75. The van der Waals surface area contributed by atoms with Crippen molar-refractivity contribution in [3.05, 3.63) is 0 Å². The molecule has 122 valence electrons. The Bertz CT molecular complexity index is 171. The average molecular weight is 323 g/mol. The van der Waals surface area contributed by atoms with Crippen LogP contribution in [0.25, 0.3) is 0 Å². The van der Waals surface area contributed by atoms with Crippen molar-refractivity contribution in [1.82, 2.24) is 0 Å². The molecular weight excluding hydrogens is 287 g/mol. The molecule has 0 aromatic carbocycles. The Balaban J connectivity index is 3.02. The number of unbranched alkanes of at least 4 members (excludes halogenated alkanes) is 10. The summed E-state index contributed by atoms with van der Waals surface area (Å²) in [4.78, 5) is 0. The van der Waals surface area contributed by atoms with Gasteiger partial charge in [0.05, 0.1) is 0 Å². The minimum absolute atomic E-state index is 0.830. The average Bonchev–Trinajstić information content (AvgIpc) is 2.46. The normalized spacial score (nSPS) is 12.8. The lowest BCUT2D eigenvalue weighted by Crippen LogP contribution is -1.95. The molecule has 0 amide bonds. The number of rotatable bonds is 16. The molecule has 2 heteroatoms. The predicted octanol–water partition coefficient (Wildman–Crippen LogP) is 7.56. The van der Waals surface area contributed by atoms with Crippen molar-refractivity contribution in [2.24, 2.45) is 5.92 Å². The standard InChI is InChI=1S/C18H36Cl2/c1-18(15-13-17-20)14-11-9-7-5-3-2-4-6-8-10-12-16-19/h18H,2-17H2,1H3. The summed E-state index contributed by atoms with van der Waals surface area (Å²) in [5.74, 6) is 2.54. The van der Waals surface area contributed by atoms with Gasteiger partial charge in [0.25, 0.3) is 0 Å². The zero-order valence-electron chi connectivity index (χ0n) is 13.6. The zero-order chi connectivity index (χ0) is 14.9. The Morgan fingerprint density at radius 1 is 0.500 bits per heavy atom. The first-order valence-electron chi connectivity index (χ1n) is 8.93. The third-order valence-electron chi connectivity index (χ3n) is 4.16. The van der Waals surface area contributed by atoms with E-state index in [9.17, 15) is 0 Å². The molecule has 0 heterocycles. The van der Waals surface area contributed by atoms with Crippen molar-refractivity contribution in [3.8, 4) is 0 Å². The molecular formula is C18H36Cl2. The van der Waals surface area contributed by atoms with E-state index in [4.69, 9.17) is 23.2 Å². The molecule has 0 rings (SSSR count). The molecule has 20 heavy (non-hydrogen) atoms. The van der Waals surface area contributed by atoms with Crippen LogP contribution >= 0.6 is 23.2 Å². The Morgan fingerprint density at radius 3 is 1.30 bits per heavy atom. The van der Waals surface area contributed by atoms with Gasteiger partial charge in [0, 0.05) is 11.8 Å². The molecule has 0 spiro atoms. The second kappa shape index (κ2) is 17.6. The molecule has 1 atom stereocenters. The summed E-state index contributed by atoms with van der Waals surface area (Å²) in [6.07, 6.45) is 19.3.